The largest absolute Gasteiger partial charge is 0.497 e. The quantitative estimate of drug-likeness (QED) is 0.811. The van der Waals surface area contributed by atoms with Crippen LogP contribution in [0.5, 0.6) is 5.75 Å². The lowest BCUT2D eigenvalue weighted by Crippen LogP contribution is -2.17. The second kappa shape index (κ2) is 6.24. The molecule has 0 radical (unpaired) electrons. The summed E-state index contributed by atoms with van der Waals surface area (Å²) in [6, 6.07) is 12.6. The molecule has 2 aromatic rings. The number of benzene rings is 2. The predicted molar refractivity (Wildman–Crippen MR) is 81.6 cm³/mol. The maximum atomic E-state index is 13.2. The van der Waals surface area contributed by atoms with Gasteiger partial charge in [-0.05, 0) is 47.5 Å². The summed E-state index contributed by atoms with van der Waals surface area (Å²) in [6.07, 6.45) is 1.68. The molecule has 2 aromatic carbocycles. The third-order valence-corrected chi connectivity index (χ3v) is 3.25. The Hall–Kier alpha value is -2.29. The number of nitrogens with zero attached hydrogens (tertiary/aromatic N) is 1. The Labute approximate surface area is 119 Å². The highest BCUT2D eigenvalue weighted by atomic mass is 19.1. The van der Waals surface area contributed by atoms with Gasteiger partial charge in [-0.2, -0.15) is 0 Å². The Kier molecular flexibility index (Phi) is 4.41. The van der Waals surface area contributed by atoms with Crippen molar-refractivity contribution in [3.05, 3.63) is 66.0 Å². The molecule has 0 fully saturated rings. The van der Waals surface area contributed by atoms with Gasteiger partial charge in [-0.3, -0.25) is 0 Å². The van der Waals surface area contributed by atoms with E-state index < -0.39 is 0 Å². The Morgan fingerprint density at radius 3 is 2.50 bits per heavy atom. The highest BCUT2D eigenvalue weighted by Crippen LogP contribution is 2.21. The van der Waals surface area contributed by atoms with E-state index in [1.54, 1.807) is 19.3 Å². The number of halogens is 1. The van der Waals surface area contributed by atoms with E-state index in [2.05, 4.69) is 11.5 Å². The number of methoxy groups -OCH3 is 1. The molecule has 0 aromatic heterocycles. The number of rotatable bonds is 5. The van der Waals surface area contributed by atoms with Gasteiger partial charge < -0.3 is 9.64 Å². The van der Waals surface area contributed by atoms with Crippen molar-refractivity contribution in [1.29, 1.82) is 0 Å². The van der Waals surface area contributed by atoms with E-state index in [1.807, 2.05) is 31.3 Å². The molecule has 2 rings (SSSR count). The summed E-state index contributed by atoms with van der Waals surface area (Å²) in [5.41, 5.74) is 2.94. The molecule has 0 aliphatic heterocycles. The van der Waals surface area contributed by atoms with Gasteiger partial charge in [0.15, 0.2) is 0 Å². The number of ether oxygens (including phenoxy) is 1. The lowest BCUT2D eigenvalue weighted by atomic mass is 10.1. The highest BCUT2D eigenvalue weighted by molar-refractivity contribution is 5.55. The molecule has 0 aliphatic rings. The van der Waals surface area contributed by atoms with Crippen molar-refractivity contribution in [3.63, 3.8) is 0 Å². The van der Waals surface area contributed by atoms with E-state index in [4.69, 9.17) is 4.74 Å². The molecule has 104 valence electrons. The second-order valence-corrected chi connectivity index (χ2v) is 4.60. The van der Waals surface area contributed by atoms with Gasteiger partial charge in [0, 0.05) is 19.3 Å². The number of hydrogen-bond donors (Lipinski definition) is 0. The van der Waals surface area contributed by atoms with Crippen molar-refractivity contribution in [1.82, 2.24) is 0 Å². The normalized spacial score (nSPS) is 10.2. The van der Waals surface area contributed by atoms with Crippen LogP contribution in [0.25, 0.3) is 6.08 Å². The molecule has 3 heteroatoms. The first-order valence-corrected chi connectivity index (χ1v) is 6.40. The zero-order valence-corrected chi connectivity index (χ0v) is 11.8. The minimum absolute atomic E-state index is 0.240. The van der Waals surface area contributed by atoms with E-state index in [1.165, 1.54) is 12.1 Å². The molecule has 0 aliphatic carbocycles. The van der Waals surface area contributed by atoms with Gasteiger partial charge in [-0.25, -0.2) is 4.39 Å². The summed E-state index contributed by atoms with van der Waals surface area (Å²) in [5, 5.41) is 0. The van der Waals surface area contributed by atoms with Gasteiger partial charge in [0.1, 0.15) is 11.6 Å². The molecule has 20 heavy (non-hydrogen) atoms. The number of hydrogen-bond acceptors (Lipinski definition) is 2. The van der Waals surface area contributed by atoms with Crippen LogP contribution in [-0.4, -0.2) is 14.2 Å². The molecule has 0 bridgehead atoms. The lowest BCUT2D eigenvalue weighted by Gasteiger charge is -2.21. The molecule has 0 saturated heterocycles. The molecular weight excluding hydrogens is 253 g/mol. The maximum Gasteiger partial charge on any atom is 0.123 e. The summed E-state index contributed by atoms with van der Waals surface area (Å²) in [4.78, 5) is 2.10. The van der Waals surface area contributed by atoms with Crippen molar-refractivity contribution >= 4 is 11.8 Å². The fourth-order valence-corrected chi connectivity index (χ4v) is 2.08. The molecule has 0 unspecified atom stereocenters. The van der Waals surface area contributed by atoms with Gasteiger partial charge in [0.2, 0.25) is 0 Å². The van der Waals surface area contributed by atoms with Crippen LogP contribution in [0.3, 0.4) is 0 Å². The van der Waals surface area contributed by atoms with E-state index >= 15 is 0 Å². The topological polar surface area (TPSA) is 12.5 Å². The zero-order chi connectivity index (χ0) is 14.5. The van der Waals surface area contributed by atoms with Gasteiger partial charge in [-0.15, -0.1) is 0 Å². The van der Waals surface area contributed by atoms with Gasteiger partial charge >= 0.3 is 0 Å². The average Bonchev–Trinajstić information content (AvgIpc) is 2.49. The third-order valence-electron chi connectivity index (χ3n) is 3.25. The fourth-order valence-electron chi connectivity index (χ4n) is 2.08. The Bertz CT molecular complexity index is 592. The minimum atomic E-state index is -0.240. The molecule has 2 nitrogen and oxygen atoms in total. The van der Waals surface area contributed by atoms with Crippen molar-refractivity contribution in [2.75, 3.05) is 19.1 Å². The molecule has 0 saturated carbocycles. The van der Waals surface area contributed by atoms with Crippen molar-refractivity contribution < 1.29 is 9.13 Å². The van der Waals surface area contributed by atoms with Crippen LogP contribution < -0.4 is 9.64 Å². The van der Waals surface area contributed by atoms with Crippen molar-refractivity contribution in [3.8, 4) is 5.75 Å². The van der Waals surface area contributed by atoms with Crippen molar-refractivity contribution in [2.24, 2.45) is 0 Å². The molecule has 0 spiro atoms. The monoisotopic (exact) mass is 271 g/mol. The summed E-state index contributed by atoms with van der Waals surface area (Å²) in [5.74, 6) is 0.589. The van der Waals surface area contributed by atoms with Gasteiger partial charge in [0.25, 0.3) is 0 Å². The standard InChI is InChI=1S/C17H18FNO/c1-4-13-11-15(18)6-5-14(13)12-19(2)16-7-9-17(20-3)10-8-16/h4-11H,1,12H2,2-3H3. The molecule has 0 heterocycles. The summed E-state index contributed by atoms with van der Waals surface area (Å²) in [6.45, 7) is 4.42. The number of anilines is 1. The highest BCUT2D eigenvalue weighted by Gasteiger charge is 2.06. The molecule has 0 amide bonds. The Morgan fingerprint density at radius 1 is 1.20 bits per heavy atom. The first-order valence-electron chi connectivity index (χ1n) is 6.40. The van der Waals surface area contributed by atoms with Gasteiger partial charge in [0.05, 0.1) is 7.11 Å². The van der Waals surface area contributed by atoms with Crippen LogP contribution in [0.4, 0.5) is 10.1 Å². The second-order valence-electron chi connectivity index (χ2n) is 4.60. The minimum Gasteiger partial charge on any atom is -0.497 e. The fraction of sp³-hybridized carbons (Fsp3) is 0.176. The van der Waals surface area contributed by atoms with Gasteiger partial charge in [-0.1, -0.05) is 18.7 Å². The van der Waals surface area contributed by atoms with Crippen LogP contribution >= 0.6 is 0 Å². The Balaban J connectivity index is 2.18. The van der Waals surface area contributed by atoms with Crippen LogP contribution in [0.1, 0.15) is 11.1 Å². The van der Waals surface area contributed by atoms with Crippen LogP contribution in [0.15, 0.2) is 49.0 Å². The lowest BCUT2D eigenvalue weighted by molar-refractivity contribution is 0.415. The first-order chi connectivity index (χ1) is 9.63. The predicted octanol–water partition coefficient (Wildman–Crippen LogP) is 4.11. The van der Waals surface area contributed by atoms with Crippen LogP contribution in [0.2, 0.25) is 0 Å². The summed E-state index contributed by atoms with van der Waals surface area (Å²) in [7, 11) is 3.64. The molecular formula is C17H18FNO. The van der Waals surface area contributed by atoms with E-state index in [9.17, 15) is 4.39 Å². The SMILES string of the molecule is C=Cc1cc(F)ccc1CN(C)c1ccc(OC)cc1. The Morgan fingerprint density at radius 2 is 1.90 bits per heavy atom. The molecule has 0 N–H and O–H groups in total. The van der Waals surface area contributed by atoms with Crippen LogP contribution in [0, 0.1) is 5.82 Å². The third kappa shape index (κ3) is 3.18. The molecule has 0 atom stereocenters. The maximum absolute atomic E-state index is 13.2. The first kappa shape index (κ1) is 14.1. The van der Waals surface area contributed by atoms with E-state index in [-0.39, 0.29) is 5.82 Å². The zero-order valence-electron chi connectivity index (χ0n) is 11.8. The summed E-state index contributed by atoms with van der Waals surface area (Å²) < 4.78 is 18.3. The van der Waals surface area contributed by atoms with E-state index in [0.29, 0.717) is 6.54 Å². The van der Waals surface area contributed by atoms with E-state index in [0.717, 1.165) is 22.6 Å². The summed E-state index contributed by atoms with van der Waals surface area (Å²) >= 11 is 0. The van der Waals surface area contributed by atoms with Crippen molar-refractivity contribution in [2.45, 2.75) is 6.54 Å². The smallest absolute Gasteiger partial charge is 0.123 e. The van der Waals surface area contributed by atoms with Crippen LogP contribution in [-0.2, 0) is 6.54 Å². The average molecular weight is 271 g/mol.